The van der Waals surface area contributed by atoms with Crippen LogP contribution in [-0.4, -0.2) is 51.3 Å². The number of nitrogens with zero attached hydrogens (tertiary/aromatic N) is 1. The van der Waals surface area contributed by atoms with Crippen molar-refractivity contribution in [1.29, 1.82) is 0 Å². The Balaban J connectivity index is 1.77. The fraction of sp³-hybridized carbons (Fsp3) is 0.278. The molecule has 0 saturated carbocycles. The highest BCUT2D eigenvalue weighted by molar-refractivity contribution is 7.89. The molecule has 1 aliphatic rings. The van der Waals surface area contributed by atoms with Crippen LogP contribution in [0.4, 0.5) is 18.9 Å². The molecule has 30 heavy (non-hydrogen) atoms. The SMILES string of the molecule is O=C(Nc1ccc(Cl)c(S(=O)(=O)N2CCOCC2)c1)c1ccc(OC(F)(F)F)cc1. The molecule has 0 radical (unpaired) electrons. The summed E-state index contributed by atoms with van der Waals surface area (Å²) < 4.78 is 72.5. The minimum Gasteiger partial charge on any atom is -0.406 e. The van der Waals surface area contributed by atoms with Gasteiger partial charge in [-0.3, -0.25) is 4.79 Å². The van der Waals surface area contributed by atoms with Gasteiger partial charge in [0.25, 0.3) is 5.91 Å². The fourth-order valence-corrected chi connectivity index (χ4v) is 4.62. The Hall–Kier alpha value is -2.34. The number of hydrogen-bond acceptors (Lipinski definition) is 5. The summed E-state index contributed by atoms with van der Waals surface area (Å²) in [4.78, 5) is 12.2. The first kappa shape index (κ1) is 22.3. The number of rotatable bonds is 5. The molecule has 1 fully saturated rings. The number of halogens is 4. The first-order valence-electron chi connectivity index (χ1n) is 8.61. The number of ether oxygens (including phenoxy) is 2. The van der Waals surface area contributed by atoms with Gasteiger partial charge in [0.1, 0.15) is 10.6 Å². The van der Waals surface area contributed by atoms with Crippen molar-refractivity contribution in [3.63, 3.8) is 0 Å². The topological polar surface area (TPSA) is 84.9 Å². The van der Waals surface area contributed by atoms with Crippen LogP contribution in [0.15, 0.2) is 47.4 Å². The van der Waals surface area contributed by atoms with E-state index < -0.39 is 28.0 Å². The van der Waals surface area contributed by atoms with E-state index in [2.05, 4.69) is 10.1 Å². The first-order chi connectivity index (χ1) is 14.1. The lowest BCUT2D eigenvalue weighted by Gasteiger charge is -2.26. The number of amides is 1. The maximum atomic E-state index is 12.8. The number of carbonyl (C=O) groups is 1. The van der Waals surface area contributed by atoms with E-state index in [0.717, 1.165) is 24.3 Å². The van der Waals surface area contributed by atoms with Crippen molar-refractivity contribution < 1.29 is 35.9 Å². The molecule has 1 saturated heterocycles. The smallest absolute Gasteiger partial charge is 0.406 e. The van der Waals surface area contributed by atoms with Crippen molar-refractivity contribution in [3.05, 3.63) is 53.1 Å². The van der Waals surface area contributed by atoms with Crippen molar-refractivity contribution in [2.75, 3.05) is 31.6 Å². The van der Waals surface area contributed by atoms with Crippen LogP contribution in [0, 0.1) is 0 Å². The van der Waals surface area contributed by atoms with Gasteiger partial charge >= 0.3 is 6.36 Å². The molecule has 1 N–H and O–H groups in total. The van der Waals surface area contributed by atoms with Gasteiger partial charge < -0.3 is 14.8 Å². The number of anilines is 1. The molecule has 1 amide bonds. The molecule has 2 aromatic carbocycles. The number of nitrogens with one attached hydrogen (secondary N) is 1. The van der Waals surface area contributed by atoms with Crippen LogP contribution in [0.25, 0.3) is 0 Å². The lowest BCUT2D eigenvalue weighted by atomic mass is 10.2. The zero-order valence-electron chi connectivity index (χ0n) is 15.3. The second-order valence-electron chi connectivity index (χ2n) is 6.19. The first-order valence-corrected chi connectivity index (χ1v) is 10.4. The van der Waals surface area contributed by atoms with E-state index in [-0.39, 0.29) is 47.5 Å². The van der Waals surface area contributed by atoms with Gasteiger partial charge in [-0.05, 0) is 42.5 Å². The van der Waals surface area contributed by atoms with E-state index >= 15 is 0 Å². The average molecular weight is 465 g/mol. The highest BCUT2D eigenvalue weighted by atomic mass is 35.5. The van der Waals surface area contributed by atoms with Crippen LogP contribution in [0.5, 0.6) is 5.75 Å². The summed E-state index contributed by atoms with van der Waals surface area (Å²) in [5, 5.41) is 2.49. The molecule has 162 valence electrons. The number of hydrogen-bond donors (Lipinski definition) is 1. The predicted molar refractivity (Wildman–Crippen MR) is 102 cm³/mol. The Kier molecular flexibility index (Phi) is 6.56. The minimum absolute atomic E-state index is 0.00635. The molecule has 0 unspecified atom stereocenters. The van der Waals surface area contributed by atoms with Crippen LogP contribution < -0.4 is 10.1 Å². The van der Waals surface area contributed by atoms with Crippen LogP contribution in [0.3, 0.4) is 0 Å². The lowest BCUT2D eigenvalue weighted by molar-refractivity contribution is -0.274. The predicted octanol–water partition coefficient (Wildman–Crippen LogP) is 3.51. The highest BCUT2D eigenvalue weighted by Gasteiger charge is 2.31. The monoisotopic (exact) mass is 464 g/mol. The zero-order valence-corrected chi connectivity index (χ0v) is 16.9. The van der Waals surface area contributed by atoms with E-state index in [0.29, 0.717) is 0 Å². The summed E-state index contributed by atoms with van der Waals surface area (Å²) in [7, 11) is -3.89. The molecule has 1 aliphatic heterocycles. The van der Waals surface area contributed by atoms with Gasteiger partial charge in [0.05, 0.1) is 18.2 Å². The summed E-state index contributed by atoms with van der Waals surface area (Å²) in [6, 6.07) is 8.28. The molecule has 0 aromatic heterocycles. The molecule has 0 bridgehead atoms. The van der Waals surface area contributed by atoms with Crippen LogP contribution in [0.2, 0.25) is 5.02 Å². The Morgan fingerprint density at radius 2 is 1.73 bits per heavy atom. The van der Waals surface area contributed by atoms with Gasteiger partial charge in [0.2, 0.25) is 10.0 Å². The Morgan fingerprint density at radius 3 is 2.33 bits per heavy atom. The van der Waals surface area contributed by atoms with Crippen molar-refractivity contribution in [2.24, 2.45) is 0 Å². The highest BCUT2D eigenvalue weighted by Crippen LogP contribution is 2.29. The number of benzene rings is 2. The van der Waals surface area contributed by atoms with Gasteiger partial charge in [-0.2, -0.15) is 4.31 Å². The molecular weight excluding hydrogens is 449 g/mol. The van der Waals surface area contributed by atoms with E-state index in [4.69, 9.17) is 16.3 Å². The lowest BCUT2D eigenvalue weighted by Crippen LogP contribution is -2.40. The number of carbonyl (C=O) groups excluding carboxylic acids is 1. The molecule has 7 nitrogen and oxygen atoms in total. The van der Waals surface area contributed by atoms with Crippen molar-refractivity contribution in [3.8, 4) is 5.75 Å². The third kappa shape index (κ3) is 5.42. The number of sulfonamides is 1. The van der Waals surface area contributed by atoms with Gasteiger partial charge in [-0.1, -0.05) is 11.6 Å². The van der Waals surface area contributed by atoms with Gasteiger partial charge in [0.15, 0.2) is 0 Å². The summed E-state index contributed by atoms with van der Waals surface area (Å²) in [5.41, 5.74) is 0.212. The van der Waals surface area contributed by atoms with Crippen LogP contribution >= 0.6 is 11.6 Å². The van der Waals surface area contributed by atoms with Gasteiger partial charge in [-0.15, -0.1) is 13.2 Å². The summed E-state index contributed by atoms with van der Waals surface area (Å²) >= 11 is 6.07. The molecule has 0 spiro atoms. The second-order valence-corrected chi connectivity index (χ2v) is 8.50. The van der Waals surface area contributed by atoms with E-state index in [1.54, 1.807) is 0 Å². The average Bonchev–Trinajstić information content (AvgIpc) is 2.69. The maximum absolute atomic E-state index is 12.8. The van der Waals surface area contributed by atoms with E-state index in [1.807, 2.05) is 0 Å². The van der Waals surface area contributed by atoms with E-state index in [9.17, 15) is 26.4 Å². The molecule has 0 aliphatic carbocycles. The van der Waals surface area contributed by atoms with Gasteiger partial charge in [0, 0.05) is 24.3 Å². The molecule has 3 rings (SSSR count). The van der Waals surface area contributed by atoms with Crippen molar-refractivity contribution in [2.45, 2.75) is 11.3 Å². The third-order valence-corrected chi connectivity index (χ3v) is 6.51. The standard InChI is InChI=1S/C18H16ClF3N2O5S/c19-15-6-3-13(11-16(15)30(26,27)24-7-9-28-10-8-24)23-17(25)12-1-4-14(5-2-12)29-18(20,21)22/h1-6,11H,7-10H2,(H,23,25). The molecule has 2 aromatic rings. The maximum Gasteiger partial charge on any atom is 0.573 e. The Labute approximate surface area is 175 Å². The fourth-order valence-electron chi connectivity index (χ4n) is 2.72. The molecule has 1 heterocycles. The molecular formula is C18H16ClF3N2O5S. The Morgan fingerprint density at radius 1 is 1.10 bits per heavy atom. The van der Waals surface area contributed by atoms with Crippen LogP contribution in [0.1, 0.15) is 10.4 Å². The summed E-state index contributed by atoms with van der Waals surface area (Å²) in [6.07, 6.45) is -4.84. The van der Waals surface area contributed by atoms with E-state index in [1.165, 1.54) is 22.5 Å². The van der Waals surface area contributed by atoms with Gasteiger partial charge in [-0.25, -0.2) is 8.42 Å². The quantitative estimate of drug-likeness (QED) is 0.732. The molecule has 12 heteroatoms. The minimum atomic E-state index is -4.84. The molecule has 0 atom stereocenters. The van der Waals surface area contributed by atoms with Crippen molar-refractivity contribution >= 4 is 33.2 Å². The Bertz CT molecular complexity index is 1020. The number of alkyl halides is 3. The third-order valence-electron chi connectivity index (χ3n) is 4.13. The van der Waals surface area contributed by atoms with Crippen LogP contribution in [-0.2, 0) is 14.8 Å². The number of morpholine rings is 1. The summed E-state index contributed by atoms with van der Waals surface area (Å²) in [5.74, 6) is -1.12. The summed E-state index contributed by atoms with van der Waals surface area (Å²) in [6.45, 7) is 0.895. The normalized spacial score (nSPS) is 15.6. The largest absolute Gasteiger partial charge is 0.573 e. The zero-order chi connectivity index (χ0) is 21.9. The van der Waals surface area contributed by atoms with Crippen molar-refractivity contribution in [1.82, 2.24) is 4.31 Å². The second kappa shape index (κ2) is 8.80.